The molecule has 0 aliphatic carbocycles. The highest BCUT2D eigenvalue weighted by molar-refractivity contribution is 6.33. The average molecular weight is 308 g/mol. The van der Waals surface area contributed by atoms with Crippen LogP contribution >= 0.6 is 23.2 Å². The van der Waals surface area contributed by atoms with Crippen LogP contribution < -0.4 is 0 Å². The highest BCUT2D eigenvalue weighted by Gasteiger charge is 2.09. The highest BCUT2D eigenvalue weighted by Crippen LogP contribution is 2.19. The molecule has 0 unspecified atom stereocenters. The van der Waals surface area contributed by atoms with Gasteiger partial charge in [-0.25, -0.2) is 4.98 Å². The Bertz CT molecular complexity index is 621. The fraction of sp³-hybridized carbons (Fsp3) is 0.133. The number of pyridine rings is 1. The summed E-state index contributed by atoms with van der Waals surface area (Å²) in [5.74, 6) is 0. The molecule has 0 aliphatic rings. The number of halogens is 2. The average Bonchev–Trinajstić information content (AvgIpc) is 2.40. The minimum atomic E-state index is 0.268. The van der Waals surface area contributed by atoms with Crippen molar-refractivity contribution in [1.82, 2.24) is 4.98 Å². The topological polar surface area (TPSA) is 45.5 Å². The fourth-order valence-electron chi connectivity index (χ4n) is 1.87. The predicted molar refractivity (Wildman–Crippen MR) is 81.8 cm³/mol. The Morgan fingerprint density at radius 2 is 1.90 bits per heavy atom. The molecular weight excluding hydrogens is 295 g/mol. The number of nitrogens with zero attached hydrogens (tertiary/aromatic N) is 2. The first kappa shape index (κ1) is 14.8. The van der Waals surface area contributed by atoms with E-state index in [1.165, 1.54) is 0 Å². The second kappa shape index (κ2) is 6.73. The summed E-state index contributed by atoms with van der Waals surface area (Å²) in [5, 5.41) is 13.0. The van der Waals surface area contributed by atoms with Gasteiger partial charge in [0, 0.05) is 12.0 Å². The summed E-state index contributed by atoms with van der Waals surface area (Å²) >= 11 is 11.7. The number of aromatic nitrogens is 1. The lowest BCUT2D eigenvalue weighted by Crippen LogP contribution is -2.03. The lowest BCUT2D eigenvalue weighted by molar-refractivity contribution is 0.318. The molecule has 0 bridgehead atoms. The Hall–Kier alpha value is -1.58. The lowest BCUT2D eigenvalue weighted by atomic mass is 10.00. The summed E-state index contributed by atoms with van der Waals surface area (Å²) in [7, 11) is 0. The van der Waals surface area contributed by atoms with Gasteiger partial charge in [-0.05, 0) is 36.6 Å². The molecule has 0 aliphatic heterocycles. The van der Waals surface area contributed by atoms with Crippen LogP contribution in [0.15, 0.2) is 41.6 Å². The summed E-state index contributed by atoms with van der Waals surface area (Å²) in [6.07, 6.45) is 2.46. The van der Waals surface area contributed by atoms with E-state index in [9.17, 15) is 0 Å². The molecular formula is C15H13Cl2N2O. The van der Waals surface area contributed by atoms with Gasteiger partial charge in [-0.3, -0.25) is 0 Å². The third-order valence-corrected chi connectivity index (χ3v) is 3.31. The van der Waals surface area contributed by atoms with Gasteiger partial charge in [0.25, 0.3) is 0 Å². The number of hydrogen-bond acceptors (Lipinski definition) is 3. The SMILES string of the molecule is Cc1ccccc1[CH]CC(=NO)c1cc(Cl)nc(Cl)c1. The predicted octanol–water partition coefficient (Wildman–Crippen LogP) is 4.52. The maximum Gasteiger partial charge on any atom is 0.131 e. The molecule has 1 aromatic carbocycles. The Labute approximate surface area is 127 Å². The molecule has 0 atom stereocenters. The van der Waals surface area contributed by atoms with Gasteiger partial charge in [0.1, 0.15) is 10.3 Å². The maximum atomic E-state index is 9.17. The molecule has 0 amide bonds. The highest BCUT2D eigenvalue weighted by atomic mass is 35.5. The van der Waals surface area contributed by atoms with E-state index in [1.54, 1.807) is 12.1 Å². The molecule has 5 heteroatoms. The summed E-state index contributed by atoms with van der Waals surface area (Å²) in [6.45, 7) is 2.03. The quantitative estimate of drug-likeness (QED) is 0.391. The molecule has 2 rings (SSSR count). The molecule has 0 spiro atoms. The first-order valence-corrected chi connectivity index (χ1v) is 6.79. The number of rotatable bonds is 4. The molecule has 2 aromatic rings. The van der Waals surface area contributed by atoms with Gasteiger partial charge in [-0.15, -0.1) is 0 Å². The van der Waals surface area contributed by atoms with Gasteiger partial charge in [-0.1, -0.05) is 52.6 Å². The van der Waals surface area contributed by atoms with Crippen molar-refractivity contribution < 1.29 is 5.21 Å². The molecule has 3 nitrogen and oxygen atoms in total. The van der Waals surface area contributed by atoms with Crippen molar-refractivity contribution in [2.24, 2.45) is 5.16 Å². The van der Waals surface area contributed by atoms with Crippen LogP contribution in [0, 0.1) is 13.3 Å². The van der Waals surface area contributed by atoms with E-state index in [0.717, 1.165) is 11.1 Å². The fourth-order valence-corrected chi connectivity index (χ4v) is 2.33. The third-order valence-electron chi connectivity index (χ3n) is 2.92. The van der Waals surface area contributed by atoms with E-state index >= 15 is 0 Å². The normalized spacial score (nSPS) is 11.7. The second-order valence-corrected chi connectivity index (χ2v) is 5.09. The van der Waals surface area contributed by atoms with E-state index in [4.69, 9.17) is 28.4 Å². The van der Waals surface area contributed by atoms with Crippen LogP contribution in [0.25, 0.3) is 0 Å². The summed E-state index contributed by atoms with van der Waals surface area (Å²) in [6, 6.07) is 11.2. The van der Waals surface area contributed by atoms with Crippen LogP contribution in [0.3, 0.4) is 0 Å². The molecule has 1 radical (unpaired) electrons. The monoisotopic (exact) mass is 307 g/mol. The Balaban J connectivity index is 2.16. The molecule has 1 aromatic heterocycles. The van der Waals surface area contributed by atoms with Crippen LogP contribution in [0.1, 0.15) is 23.1 Å². The Morgan fingerprint density at radius 1 is 1.25 bits per heavy atom. The van der Waals surface area contributed by atoms with Crippen molar-refractivity contribution in [2.75, 3.05) is 0 Å². The first-order valence-electron chi connectivity index (χ1n) is 6.03. The zero-order valence-electron chi connectivity index (χ0n) is 10.8. The number of benzene rings is 1. The van der Waals surface area contributed by atoms with Gasteiger partial charge in [-0.2, -0.15) is 0 Å². The van der Waals surface area contributed by atoms with Crippen molar-refractivity contribution in [3.05, 3.63) is 69.8 Å². The van der Waals surface area contributed by atoms with Crippen LogP contribution in [-0.4, -0.2) is 15.9 Å². The van der Waals surface area contributed by atoms with E-state index < -0.39 is 0 Å². The van der Waals surface area contributed by atoms with Gasteiger partial charge in [0.15, 0.2) is 0 Å². The minimum Gasteiger partial charge on any atom is -0.411 e. The summed E-state index contributed by atoms with van der Waals surface area (Å²) in [5.41, 5.74) is 3.40. The molecule has 0 fully saturated rings. The second-order valence-electron chi connectivity index (χ2n) is 4.31. The van der Waals surface area contributed by atoms with Crippen molar-refractivity contribution >= 4 is 28.9 Å². The smallest absolute Gasteiger partial charge is 0.131 e. The zero-order valence-corrected chi connectivity index (χ0v) is 12.4. The summed E-state index contributed by atoms with van der Waals surface area (Å²) in [4.78, 5) is 3.87. The largest absolute Gasteiger partial charge is 0.411 e. The van der Waals surface area contributed by atoms with Crippen LogP contribution in [-0.2, 0) is 0 Å². The molecule has 0 saturated heterocycles. The third kappa shape index (κ3) is 3.71. The van der Waals surface area contributed by atoms with Crippen molar-refractivity contribution in [3.63, 3.8) is 0 Å². The Kier molecular flexibility index (Phi) is 4.99. The molecule has 20 heavy (non-hydrogen) atoms. The van der Waals surface area contributed by atoms with Crippen molar-refractivity contribution in [2.45, 2.75) is 13.3 Å². The zero-order chi connectivity index (χ0) is 14.5. The molecule has 103 valence electrons. The van der Waals surface area contributed by atoms with Gasteiger partial charge in [0.2, 0.25) is 0 Å². The molecule has 0 saturated carbocycles. The number of oxime groups is 1. The van der Waals surface area contributed by atoms with Crippen LogP contribution in [0.4, 0.5) is 0 Å². The minimum absolute atomic E-state index is 0.268. The number of hydrogen-bond donors (Lipinski definition) is 1. The van der Waals surface area contributed by atoms with E-state index in [2.05, 4.69) is 10.1 Å². The van der Waals surface area contributed by atoms with Crippen LogP contribution in [0.5, 0.6) is 0 Å². The maximum absolute atomic E-state index is 9.17. The molecule has 1 N–H and O–H groups in total. The van der Waals surface area contributed by atoms with Crippen molar-refractivity contribution in [3.8, 4) is 0 Å². The van der Waals surface area contributed by atoms with E-state index in [-0.39, 0.29) is 10.3 Å². The van der Waals surface area contributed by atoms with Crippen LogP contribution in [0.2, 0.25) is 10.3 Å². The van der Waals surface area contributed by atoms with Crippen molar-refractivity contribution in [1.29, 1.82) is 0 Å². The summed E-state index contributed by atoms with van der Waals surface area (Å²) < 4.78 is 0. The molecule has 1 heterocycles. The van der Waals surface area contributed by atoms with Gasteiger partial charge in [0.05, 0.1) is 5.71 Å². The first-order chi connectivity index (χ1) is 9.60. The number of aryl methyl sites for hydroxylation is 1. The van der Waals surface area contributed by atoms with Gasteiger partial charge >= 0.3 is 0 Å². The Morgan fingerprint density at radius 3 is 2.50 bits per heavy atom. The lowest BCUT2D eigenvalue weighted by Gasteiger charge is -2.07. The van der Waals surface area contributed by atoms with E-state index in [1.807, 2.05) is 37.6 Å². The van der Waals surface area contributed by atoms with Gasteiger partial charge < -0.3 is 5.21 Å². The standard InChI is InChI=1S/C15H13Cl2N2O/c1-10-4-2-3-5-11(10)6-7-13(19-20)12-8-14(16)18-15(17)9-12/h2-6,8-9,20H,7H2,1H3. The van der Waals surface area contributed by atoms with E-state index in [0.29, 0.717) is 17.7 Å².